The summed E-state index contributed by atoms with van der Waals surface area (Å²) in [5.74, 6) is 1.46. The molecule has 1 aliphatic heterocycles. The van der Waals surface area contributed by atoms with E-state index in [9.17, 15) is 4.79 Å². The number of nitrogens with zero attached hydrogens (tertiary/aromatic N) is 1. The zero-order valence-corrected chi connectivity index (χ0v) is 12.2. The molecule has 1 saturated heterocycles. The lowest BCUT2D eigenvalue weighted by Gasteiger charge is -2.16. The maximum absolute atomic E-state index is 12.3. The lowest BCUT2D eigenvalue weighted by atomic mass is 9.98. The Morgan fingerprint density at radius 2 is 2.10 bits per heavy atom. The Morgan fingerprint density at radius 3 is 2.75 bits per heavy atom. The summed E-state index contributed by atoms with van der Waals surface area (Å²) < 4.78 is 5.18. The van der Waals surface area contributed by atoms with E-state index in [-0.39, 0.29) is 5.91 Å². The molecule has 3 nitrogen and oxygen atoms in total. The number of benzene rings is 1. The predicted molar refractivity (Wildman–Crippen MR) is 80.6 cm³/mol. The van der Waals surface area contributed by atoms with E-state index < -0.39 is 0 Å². The van der Waals surface area contributed by atoms with Crippen LogP contribution in [0.5, 0.6) is 5.75 Å². The SMILES string of the molecule is COc1ccc([C@@H]2CCN(C(=O)c3ccsc3)C2)cc1. The second kappa shape index (κ2) is 5.67. The van der Waals surface area contributed by atoms with E-state index >= 15 is 0 Å². The number of hydrogen-bond acceptors (Lipinski definition) is 3. The van der Waals surface area contributed by atoms with Crippen LogP contribution < -0.4 is 4.74 Å². The van der Waals surface area contributed by atoms with Gasteiger partial charge >= 0.3 is 0 Å². The number of likely N-dealkylation sites (tertiary alicyclic amines) is 1. The predicted octanol–water partition coefficient (Wildman–Crippen LogP) is 3.39. The number of thiophene rings is 1. The molecule has 1 aromatic heterocycles. The standard InChI is InChI=1S/C16H17NO2S/c1-19-15-4-2-12(3-5-15)13-6-8-17(10-13)16(18)14-7-9-20-11-14/h2-5,7,9,11,13H,6,8,10H2,1H3/t13-/m1/s1. The van der Waals surface area contributed by atoms with E-state index in [0.717, 1.165) is 30.8 Å². The molecule has 0 spiro atoms. The minimum absolute atomic E-state index is 0.155. The zero-order chi connectivity index (χ0) is 13.9. The van der Waals surface area contributed by atoms with Crippen LogP contribution in [0.15, 0.2) is 41.1 Å². The molecule has 4 heteroatoms. The minimum Gasteiger partial charge on any atom is -0.497 e. The van der Waals surface area contributed by atoms with Crippen LogP contribution in [0, 0.1) is 0 Å². The molecule has 20 heavy (non-hydrogen) atoms. The molecule has 0 aliphatic carbocycles. The van der Waals surface area contributed by atoms with Gasteiger partial charge in [-0.25, -0.2) is 0 Å². The molecule has 0 radical (unpaired) electrons. The first-order valence-electron chi connectivity index (χ1n) is 6.73. The average molecular weight is 287 g/mol. The topological polar surface area (TPSA) is 29.5 Å². The number of amides is 1. The van der Waals surface area contributed by atoms with Crippen molar-refractivity contribution in [1.82, 2.24) is 4.90 Å². The second-order valence-electron chi connectivity index (χ2n) is 5.02. The highest BCUT2D eigenvalue weighted by molar-refractivity contribution is 7.08. The third kappa shape index (κ3) is 2.56. The van der Waals surface area contributed by atoms with Crippen molar-refractivity contribution in [2.24, 2.45) is 0 Å². The molecular weight excluding hydrogens is 270 g/mol. The smallest absolute Gasteiger partial charge is 0.254 e. The minimum atomic E-state index is 0.155. The number of hydrogen-bond donors (Lipinski definition) is 0. The molecule has 0 saturated carbocycles. The number of carbonyl (C=O) groups excluding carboxylic acids is 1. The van der Waals surface area contributed by atoms with E-state index in [1.807, 2.05) is 33.9 Å². The summed E-state index contributed by atoms with van der Waals surface area (Å²) in [6.45, 7) is 1.65. The molecule has 1 aliphatic rings. The molecule has 0 bridgehead atoms. The van der Waals surface area contributed by atoms with Crippen molar-refractivity contribution < 1.29 is 9.53 Å². The molecule has 1 fully saturated rings. The van der Waals surface area contributed by atoms with Crippen LogP contribution >= 0.6 is 11.3 Å². The molecule has 104 valence electrons. The molecule has 2 heterocycles. The van der Waals surface area contributed by atoms with Gasteiger partial charge in [-0.2, -0.15) is 11.3 Å². The molecule has 1 aromatic carbocycles. The van der Waals surface area contributed by atoms with E-state index in [1.165, 1.54) is 5.56 Å². The van der Waals surface area contributed by atoms with Crippen LogP contribution in [0.4, 0.5) is 0 Å². The summed E-state index contributed by atoms with van der Waals surface area (Å²) in [6, 6.07) is 10.1. The maximum Gasteiger partial charge on any atom is 0.254 e. The van der Waals surface area contributed by atoms with Gasteiger partial charge in [-0.3, -0.25) is 4.79 Å². The molecule has 1 atom stereocenters. The van der Waals surface area contributed by atoms with E-state index in [1.54, 1.807) is 18.4 Å². The summed E-state index contributed by atoms with van der Waals surface area (Å²) in [7, 11) is 1.67. The Morgan fingerprint density at radius 1 is 1.30 bits per heavy atom. The van der Waals surface area contributed by atoms with Crippen molar-refractivity contribution in [3.05, 3.63) is 52.2 Å². The second-order valence-corrected chi connectivity index (χ2v) is 5.80. The van der Waals surface area contributed by atoms with Crippen molar-refractivity contribution in [3.8, 4) is 5.75 Å². The monoisotopic (exact) mass is 287 g/mol. The number of rotatable bonds is 3. The Kier molecular flexibility index (Phi) is 3.74. The highest BCUT2D eigenvalue weighted by Crippen LogP contribution is 2.29. The summed E-state index contributed by atoms with van der Waals surface area (Å²) in [4.78, 5) is 14.3. The average Bonchev–Trinajstić information content (AvgIpc) is 3.18. The zero-order valence-electron chi connectivity index (χ0n) is 11.4. The van der Waals surface area contributed by atoms with E-state index in [2.05, 4.69) is 12.1 Å². The van der Waals surface area contributed by atoms with Gasteiger partial charge in [0.05, 0.1) is 12.7 Å². The Hall–Kier alpha value is -1.81. The molecule has 2 aromatic rings. The lowest BCUT2D eigenvalue weighted by Crippen LogP contribution is -2.28. The van der Waals surface area contributed by atoms with Crippen LogP contribution in [0.2, 0.25) is 0 Å². The maximum atomic E-state index is 12.3. The Balaban J connectivity index is 1.68. The third-order valence-corrected chi connectivity index (χ3v) is 4.51. The summed E-state index contributed by atoms with van der Waals surface area (Å²) in [5.41, 5.74) is 2.09. The highest BCUT2D eigenvalue weighted by atomic mass is 32.1. The first-order valence-corrected chi connectivity index (χ1v) is 7.67. The van der Waals surface area contributed by atoms with Gasteiger partial charge in [-0.15, -0.1) is 0 Å². The highest BCUT2D eigenvalue weighted by Gasteiger charge is 2.27. The quantitative estimate of drug-likeness (QED) is 0.866. The first-order chi connectivity index (χ1) is 9.78. The van der Waals surface area contributed by atoms with Gasteiger partial charge in [-0.05, 0) is 35.6 Å². The third-order valence-electron chi connectivity index (χ3n) is 3.83. The Labute approximate surface area is 122 Å². The largest absolute Gasteiger partial charge is 0.497 e. The fourth-order valence-corrected chi connectivity index (χ4v) is 3.29. The molecule has 0 N–H and O–H groups in total. The molecule has 0 unspecified atom stereocenters. The number of methoxy groups -OCH3 is 1. The molecule has 1 amide bonds. The van der Waals surface area contributed by atoms with Crippen molar-refractivity contribution in [1.29, 1.82) is 0 Å². The van der Waals surface area contributed by atoms with Crippen LogP contribution in [0.25, 0.3) is 0 Å². The fraction of sp³-hybridized carbons (Fsp3) is 0.312. The van der Waals surface area contributed by atoms with Crippen molar-refractivity contribution in [3.63, 3.8) is 0 Å². The van der Waals surface area contributed by atoms with Crippen LogP contribution in [0.1, 0.15) is 28.3 Å². The van der Waals surface area contributed by atoms with Gasteiger partial charge in [0.2, 0.25) is 0 Å². The van der Waals surface area contributed by atoms with Crippen LogP contribution in [-0.2, 0) is 0 Å². The van der Waals surface area contributed by atoms with Crippen molar-refractivity contribution in [2.45, 2.75) is 12.3 Å². The van der Waals surface area contributed by atoms with Gasteiger partial charge in [0.15, 0.2) is 0 Å². The summed E-state index contributed by atoms with van der Waals surface area (Å²) in [5, 5.41) is 3.87. The molecule has 3 rings (SSSR count). The van der Waals surface area contributed by atoms with Crippen LogP contribution in [-0.4, -0.2) is 31.0 Å². The van der Waals surface area contributed by atoms with Crippen LogP contribution in [0.3, 0.4) is 0 Å². The number of carbonyl (C=O) groups is 1. The fourth-order valence-electron chi connectivity index (χ4n) is 2.66. The van der Waals surface area contributed by atoms with Gasteiger partial charge in [-0.1, -0.05) is 12.1 Å². The number of ether oxygens (including phenoxy) is 1. The van der Waals surface area contributed by atoms with E-state index in [4.69, 9.17) is 4.74 Å². The first kappa shape index (κ1) is 13.2. The van der Waals surface area contributed by atoms with Gasteiger partial charge in [0.25, 0.3) is 5.91 Å². The lowest BCUT2D eigenvalue weighted by molar-refractivity contribution is 0.0791. The Bertz CT molecular complexity index is 577. The van der Waals surface area contributed by atoms with E-state index in [0.29, 0.717) is 5.92 Å². The van der Waals surface area contributed by atoms with Gasteiger partial charge < -0.3 is 9.64 Å². The summed E-state index contributed by atoms with van der Waals surface area (Å²) >= 11 is 1.57. The van der Waals surface area contributed by atoms with Crippen molar-refractivity contribution >= 4 is 17.2 Å². The van der Waals surface area contributed by atoms with Gasteiger partial charge in [0.1, 0.15) is 5.75 Å². The molecular formula is C16H17NO2S. The summed E-state index contributed by atoms with van der Waals surface area (Å²) in [6.07, 6.45) is 1.03. The van der Waals surface area contributed by atoms with Crippen molar-refractivity contribution in [2.75, 3.05) is 20.2 Å². The van der Waals surface area contributed by atoms with Gasteiger partial charge in [0, 0.05) is 24.4 Å². The normalized spacial score (nSPS) is 18.2.